The zero-order valence-electron chi connectivity index (χ0n) is 20.7. The number of hydrogen-bond acceptors (Lipinski definition) is 7. The molecule has 0 unspecified atom stereocenters. The Hall–Kier alpha value is -3.49. The summed E-state index contributed by atoms with van der Waals surface area (Å²) in [6.07, 6.45) is 1.20. The Bertz CT molecular complexity index is 1380. The van der Waals surface area contributed by atoms with Crippen molar-refractivity contribution in [2.75, 3.05) is 13.2 Å². The van der Waals surface area contributed by atoms with E-state index in [0.717, 1.165) is 33.0 Å². The first-order valence-corrected chi connectivity index (χ1v) is 13.0. The molecule has 4 rings (SSSR count). The Morgan fingerprint density at radius 2 is 1.84 bits per heavy atom. The summed E-state index contributed by atoms with van der Waals surface area (Å²) >= 11 is 7.34. The van der Waals surface area contributed by atoms with E-state index in [0.29, 0.717) is 28.7 Å². The number of nitrogens with zero attached hydrogens (tertiary/aromatic N) is 1. The number of imide groups is 1. The molecule has 1 fully saturated rings. The average Bonchev–Trinajstić information content (AvgIpc) is 3.10. The monoisotopic (exact) mass is 539 g/mol. The fourth-order valence-corrected chi connectivity index (χ4v) is 4.97. The van der Waals surface area contributed by atoms with Crippen LogP contribution in [0.15, 0.2) is 59.5 Å². The number of benzene rings is 3. The van der Waals surface area contributed by atoms with Crippen LogP contribution in [0.2, 0.25) is 5.02 Å². The predicted octanol–water partition coefficient (Wildman–Crippen LogP) is 6.46. The van der Waals surface area contributed by atoms with Crippen LogP contribution < -0.4 is 9.47 Å². The lowest BCUT2D eigenvalue weighted by Crippen LogP contribution is -2.35. The highest BCUT2D eigenvalue weighted by Gasteiger charge is 2.37. The van der Waals surface area contributed by atoms with Crippen molar-refractivity contribution >= 4 is 57.3 Å². The van der Waals surface area contributed by atoms with Crippen molar-refractivity contribution in [2.45, 2.75) is 33.5 Å². The van der Waals surface area contributed by atoms with Gasteiger partial charge in [-0.15, -0.1) is 0 Å². The first-order chi connectivity index (χ1) is 17.8. The lowest BCUT2D eigenvalue weighted by atomic mass is 10.1. The number of rotatable bonds is 9. The van der Waals surface area contributed by atoms with Crippen LogP contribution in [0.3, 0.4) is 0 Å². The summed E-state index contributed by atoms with van der Waals surface area (Å²) in [5, 5.41) is 1.96. The molecule has 0 spiro atoms. The average molecular weight is 540 g/mol. The molecule has 0 radical (unpaired) electrons. The second kappa shape index (κ2) is 11.7. The van der Waals surface area contributed by atoms with Crippen molar-refractivity contribution in [1.29, 1.82) is 0 Å². The minimum absolute atomic E-state index is 0.172. The molecule has 0 aliphatic carbocycles. The first kappa shape index (κ1) is 26.6. The van der Waals surface area contributed by atoms with E-state index < -0.39 is 23.7 Å². The third kappa shape index (κ3) is 6.26. The summed E-state index contributed by atoms with van der Waals surface area (Å²) in [6, 6.07) is 17.4. The number of amides is 2. The van der Waals surface area contributed by atoms with Crippen molar-refractivity contribution in [1.82, 2.24) is 4.90 Å². The molecule has 1 heterocycles. The highest BCUT2D eigenvalue weighted by atomic mass is 35.5. The molecule has 0 N–H and O–H groups in total. The number of halogens is 1. The van der Waals surface area contributed by atoms with Gasteiger partial charge in [0, 0.05) is 0 Å². The van der Waals surface area contributed by atoms with Gasteiger partial charge >= 0.3 is 5.97 Å². The SMILES string of the molecule is CCOc1cc(/C=C2\SC(=O)N(CC(=O)OC(C)C)C2=O)cc(Cl)c1OCc1cccc2ccccc12. The Labute approximate surface area is 224 Å². The molecule has 7 nitrogen and oxygen atoms in total. The maximum Gasteiger partial charge on any atom is 0.326 e. The van der Waals surface area contributed by atoms with Crippen molar-refractivity contribution in [3.63, 3.8) is 0 Å². The van der Waals surface area contributed by atoms with E-state index >= 15 is 0 Å². The van der Waals surface area contributed by atoms with Gasteiger partial charge in [-0.05, 0) is 72.6 Å². The molecule has 1 aliphatic rings. The maximum atomic E-state index is 12.8. The molecule has 3 aromatic carbocycles. The number of carbonyl (C=O) groups is 3. The van der Waals surface area contributed by atoms with Gasteiger partial charge in [0.1, 0.15) is 13.2 Å². The van der Waals surface area contributed by atoms with E-state index in [2.05, 4.69) is 0 Å². The smallest absolute Gasteiger partial charge is 0.326 e. The number of hydrogen-bond donors (Lipinski definition) is 0. The van der Waals surface area contributed by atoms with E-state index in [4.69, 9.17) is 25.8 Å². The van der Waals surface area contributed by atoms with Crippen LogP contribution in [0.4, 0.5) is 4.79 Å². The molecule has 2 amide bonds. The lowest BCUT2D eigenvalue weighted by molar-refractivity contribution is -0.149. The van der Waals surface area contributed by atoms with Gasteiger partial charge in [0.2, 0.25) is 0 Å². The van der Waals surface area contributed by atoms with E-state index in [1.54, 1.807) is 32.1 Å². The van der Waals surface area contributed by atoms with Crippen LogP contribution >= 0.6 is 23.4 Å². The van der Waals surface area contributed by atoms with Crippen LogP contribution in [-0.4, -0.2) is 41.3 Å². The van der Waals surface area contributed by atoms with Gasteiger partial charge < -0.3 is 14.2 Å². The Morgan fingerprint density at radius 1 is 1.08 bits per heavy atom. The Kier molecular flexibility index (Phi) is 8.41. The van der Waals surface area contributed by atoms with Crippen molar-refractivity contribution < 1.29 is 28.6 Å². The van der Waals surface area contributed by atoms with Gasteiger partial charge in [0.25, 0.3) is 11.1 Å². The standard InChI is InChI=1S/C28H26ClNO6S/c1-4-34-23-13-18(14-24-27(32)30(28(33)37-24)15-25(31)36-17(2)3)12-22(29)26(23)35-16-20-10-7-9-19-8-5-6-11-21(19)20/h5-14,17H,4,15-16H2,1-3H3/b24-14-. The van der Waals surface area contributed by atoms with E-state index in [1.165, 1.54) is 0 Å². The molecule has 0 saturated carbocycles. The first-order valence-electron chi connectivity index (χ1n) is 11.8. The summed E-state index contributed by atoms with van der Waals surface area (Å²) in [7, 11) is 0. The van der Waals surface area contributed by atoms with Gasteiger partial charge in [0.05, 0.1) is 22.6 Å². The minimum Gasteiger partial charge on any atom is -0.490 e. The predicted molar refractivity (Wildman–Crippen MR) is 145 cm³/mol. The van der Waals surface area contributed by atoms with Crippen molar-refractivity contribution in [2.24, 2.45) is 0 Å². The summed E-state index contributed by atoms with van der Waals surface area (Å²) in [5.74, 6) is -0.409. The number of thioether (sulfide) groups is 1. The summed E-state index contributed by atoms with van der Waals surface area (Å²) in [5.41, 5.74) is 1.56. The van der Waals surface area contributed by atoms with Crippen LogP contribution in [-0.2, 0) is 20.9 Å². The third-order valence-corrected chi connectivity index (χ3v) is 6.60. The topological polar surface area (TPSA) is 82.1 Å². The largest absolute Gasteiger partial charge is 0.490 e. The zero-order chi connectivity index (χ0) is 26.5. The molecule has 1 aliphatic heterocycles. The van der Waals surface area contributed by atoms with E-state index in [-0.39, 0.29) is 17.6 Å². The highest BCUT2D eigenvalue weighted by Crippen LogP contribution is 2.40. The molecular formula is C28H26ClNO6S. The molecular weight excluding hydrogens is 514 g/mol. The Morgan fingerprint density at radius 3 is 2.59 bits per heavy atom. The van der Waals surface area contributed by atoms with Gasteiger partial charge in [-0.2, -0.15) is 0 Å². The number of carbonyl (C=O) groups excluding carboxylic acids is 3. The van der Waals surface area contributed by atoms with Crippen LogP contribution in [0.25, 0.3) is 16.8 Å². The molecule has 192 valence electrons. The lowest BCUT2D eigenvalue weighted by Gasteiger charge is -2.15. The third-order valence-electron chi connectivity index (χ3n) is 5.41. The van der Waals surface area contributed by atoms with Crippen LogP contribution in [0.5, 0.6) is 11.5 Å². The maximum absolute atomic E-state index is 12.8. The van der Waals surface area contributed by atoms with Gasteiger partial charge in [-0.3, -0.25) is 19.3 Å². The van der Waals surface area contributed by atoms with Crippen LogP contribution in [0, 0.1) is 0 Å². The highest BCUT2D eigenvalue weighted by molar-refractivity contribution is 8.18. The fraction of sp³-hybridized carbons (Fsp3) is 0.250. The molecule has 9 heteroatoms. The van der Waals surface area contributed by atoms with Gasteiger partial charge in [-0.1, -0.05) is 54.1 Å². The molecule has 0 atom stereocenters. The number of esters is 1. The normalized spacial score (nSPS) is 14.6. The zero-order valence-corrected chi connectivity index (χ0v) is 22.2. The molecule has 37 heavy (non-hydrogen) atoms. The van der Waals surface area contributed by atoms with Crippen molar-refractivity contribution in [3.8, 4) is 11.5 Å². The summed E-state index contributed by atoms with van der Waals surface area (Å²) < 4.78 is 16.9. The second-order valence-corrected chi connectivity index (χ2v) is 9.90. The molecule has 0 aromatic heterocycles. The summed E-state index contributed by atoms with van der Waals surface area (Å²) in [6.45, 7) is 5.45. The van der Waals surface area contributed by atoms with Gasteiger partial charge in [0.15, 0.2) is 11.5 Å². The molecule has 1 saturated heterocycles. The van der Waals surface area contributed by atoms with E-state index in [9.17, 15) is 14.4 Å². The molecule has 0 bridgehead atoms. The molecule has 3 aromatic rings. The van der Waals surface area contributed by atoms with Crippen LogP contribution in [0.1, 0.15) is 31.9 Å². The van der Waals surface area contributed by atoms with E-state index in [1.807, 2.05) is 49.4 Å². The second-order valence-electron chi connectivity index (χ2n) is 8.50. The number of ether oxygens (including phenoxy) is 3. The minimum atomic E-state index is -0.645. The summed E-state index contributed by atoms with van der Waals surface area (Å²) in [4.78, 5) is 38.1. The fourth-order valence-electron chi connectivity index (χ4n) is 3.86. The Balaban J connectivity index is 1.56. The van der Waals surface area contributed by atoms with Gasteiger partial charge in [-0.25, -0.2) is 0 Å². The van der Waals surface area contributed by atoms with Crippen molar-refractivity contribution in [3.05, 3.63) is 75.7 Å². The number of fused-ring (bicyclic) bond motifs is 1. The quantitative estimate of drug-likeness (QED) is 0.228.